The molecule has 1 heterocycles. The van der Waals surface area contributed by atoms with Crippen molar-refractivity contribution in [2.24, 2.45) is 0 Å². The Kier molecular flexibility index (Phi) is 13.8. The number of hydrogen-bond acceptors (Lipinski definition) is 2. The Bertz CT molecular complexity index is 2100. The summed E-state index contributed by atoms with van der Waals surface area (Å²) in [5.41, 5.74) is 0.329. The van der Waals surface area contributed by atoms with E-state index in [2.05, 4.69) is 0 Å². The van der Waals surface area contributed by atoms with Crippen LogP contribution in [0.3, 0.4) is 0 Å². The molecule has 2 atom stereocenters. The van der Waals surface area contributed by atoms with Crippen LogP contribution in [0.1, 0.15) is 61.1 Å². The van der Waals surface area contributed by atoms with Crippen LogP contribution in [-0.2, 0) is 0 Å². The van der Waals surface area contributed by atoms with E-state index in [0.717, 1.165) is 24.3 Å². The highest BCUT2D eigenvalue weighted by atomic mass is 19.4. The molecule has 1 saturated heterocycles. The van der Waals surface area contributed by atoms with Gasteiger partial charge in [0.2, 0.25) is 0 Å². The van der Waals surface area contributed by atoms with Crippen LogP contribution in [0.2, 0.25) is 0 Å². The van der Waals surface area contributed by atoms with Gasteiger partial charge < -0.3 is 9.80 Å². The molecule has 1 fully saturated rings. The number of allylic oxidation sites excluding steroid dienone is 2. The molecular formula is C39H36F24N2. The van der Waals surface area contributed by atoms with E-state index in [1.54, 1.807) is 23.6 Å². The summed E-state index contributed by atoms with van der Waals surface area (Å²) >= 11 is 0. The maximum absolute atomic E-state index is 14.6. The largest absolute Gasteiger partial charge is 0.385 e. The summed E-state index contributed by atoms with van der Waals surface area (Å²) in [5.74, 6) is -85.0. The average molecular weight is 989 g/mol. The molecule has 0 N–H and O–H groups in total. The van der Waals surface area contributed by atoms with E-state index in [1.807, 2.05) is 0 Å². The lowest BCUT2D eigenvalue weighted by Crippen LogP contribution is -2.70. The first kappa shape index (κ1) is 55.2. The summed E-state index contributed by atoms with van der Waals surface area (Å²) in [7, 11) is 0. The van der Waals surface area contributed by atoms with E-state index >= 15 is 0 Å². The molecule has 0 radical (unpaired) electrons. The zero-order valence-corrected chi connectivity index (χ0v) is 34.4. The molecule has 2 aromatic rings. The number of rotatable bonds is 16. The quantitative estimate of drug-likeness (QED) is 0.155. The number of benzene rings is 2. The van der Waals surface area contributed by atoms with Gasteiger partial charge in [-0.05, 0) is 111 Å². The first-order valence-corrected chi connectivity index (χ1v) is 18.3. The van der Waals surface area contributed by atoms with Crippen LogP contribution in [0.4, 0.5) is 117 Å². The van der Waals surface area contributed by atoms with Gasteiger partial charge in [-0.3, -0.25) is 0 Å². The van der Waals surface area contributed by atoms with E-state index in [-0.39, 0.29) is 41.0 Å². The highest BCUT2D eigenvalue weighted by molar-refractivity contribution is 5.71. The van der Waals surface area contributed by atoms with Crippen LogP contribution in [-0.4, -0.2) is 89.8 Å². The lowest BCUT2D eigenvalue weighted by molar-refractivity contribution is -0.418. The third-order valence-corrected chi connectivity index (χ3v) is 10.6. The molecule has 0 saturated carbocycles. The van der Waals surface area contributed by atoms with Crippen molar-refractivity contribution in [3.8, 4) is 0 Å². The zero-order chi connectivity index (χ0) is 51.3. The molecule has 370 valence electrons. The highest BCUT2D eigenvalue weighted by Crippen LogP contribution is 2.62. The Morgan fingerprint density at radius 3 is 0.954 bits per heavy atom. The van der Waals surface area contributed by atoms with Gasteiger partial charge in [-0.1, -0.05) is 12.2 Å². The van der Waals surface area contributed by atoms with Crippen LogP contribution in [0, 0.1) is 27.7 Å². The van der Waals surface area contributed by atoms with Gasteiger partial charge in [-0.15, -0.1) is 0 Å². The molecule has 1 aliphatic heterocycles. The number of anilines is 2. The maximum atomic E-state index is 14.6. The number of hydrogen-bond donors (Lipinski definition) is 0. The van der Waals surface area contributed by atoms with Gasteiger partial charge in [-0.2, -0.15) is 105 Å². The fourth-order valence-corrected chi connectivity index (χ4v) is 7.13. The number of halogens is 24. The Balaban J connectivity index is 1.96. The van der Waals surface area contributed by atoms with E-state index in [9.17, 15) is 105 Å². The van der Waals surface area contributed by atoms with Gasteiger partial charge in [0.05, 0.1) is 6.17 Å². The van der Waals surface area contributed by atoms with Gasteiger partial charge in [0.25, 0.3) is 0 Å². The smallest absolute Gasteiger partial charge is 0.349 e. The van der Waals surface area contributed by atoms with Gasteiger partial charge in [0, 0.05) is 37.8 Å². The van der Waals surface area contributed by atoms with Crippen molar-refractivity contribution in [3.05, 3.63) is 69.8 Å². The summed E-state index contributed by atoms with van der Waals surface area (Å²) in [6.07, 6.45) is -2.68. The predicted octanol–water partition coefficient (Wildman–Crippen LogP) is 14.7. The topological polar surface area (TPSA) is 6.48 Å². The number of alkyl halides is 24. The molecule has 2 aromatic carbocycles. The molecule has 0 aromatic heterocycles. The minimum Gasteiger partial charge on any atom is -0.349 e. The third-order valence-electron chi connectivity index (χ3n) is 10.6. The van der Waals surface area contributed by atoms with Gasteiger partial charge in [0.15, 0.2) is 0 Å². The molecule has 26 heteroatoms. The van der Waals surface area contributed by atoms with Crippen molar-refractivity contribution < 1.29 is 105 Å². The fraction of sp³-hybridized carbons (Fsp3) is 0.590. The lowest BCUT2D eigenvalue weighted by Gasteiger charge is -2.40. The standard InChI is InChI=1S/C39H36F24N2/c1-18-13-24(9-11-30(44,45)34(52,53)38(60,61)36(56,57)32(48,49)28(7,40)41)14-19(2)26(18)64-17-22(5)65(23(64)6)27-20(3)15-25(16-21(27)4)10-12-31(46,47)35(54,55)39(62,63)37(58,59)33(50,51)29(8,42)43/h9-16,22-23H,17H2,1-8H3/b11-9+,12-10+/t22-,23?/m0/s1. The average Bonchev–Trinajstić information content (AvgIpc) is 3.39. The second-order valence-electron chi connectivity index (χ2n) is 15.8. The highest BCUT2D eigenvalue weighted by Gasteiger charge is 2.90. The third kappa shape index (κ3) is 8.46. The Labute approximate surface area is 353 Å². The maximum Gasteiger partial charge on any atom is 0.385 e. The van der Waals surface area contributed by atoms with Crippen molar-refractivity contribution in [3.63, 3.8) is 0 Å². The minimum atomic E-state index is -7.76. The molecule has 3 rings (SSSR count). The second-order valence-corrected chi connectivity index (χ2v) is 15.8. The molecule has 2 nitrogen and oxygen atoms in total. The molecule has 0 spiro atoms. The first-order valence-electron chi connectivity index (χ1n) is 18.3. The SMILES string of the molecule is Cc1cc(/C=C/C(F)(F)C(F)(F)C(F)(F)C(F)(F)C(F)(F)C(C)(F)F)cc(C)c1N1C[C@H](C)N(c2c(C)cc(/C=C/C(F)(F)C(F)(F)C(F)(F)C(F)(F)C(F)(F)C(C)(F)F)cc2C)C1C. The summed E-state index contributed by atoms with van der Waals surface area (Å²) in [6, 6.07) is 3.55. The first-order chi connectivity index (χ1) is 28.6. The fourth-order valence-electron chi connectivity index (χ4n) is 7.13. The monoisotopic (exact) mass is 988 g/mol. The molecule has 1 unspecified atom stereocenters. The van der Waals surface area contributed by atoms with Gasteiger partial charge >= 0.3 is 71.1 Å². The normalized spacial score (nSPS) is 18.8. The Morgan fingerprint density at radius 2 is 0.677 bits per heavy atom. The molecule has 65 heavy (non-hydrogen) atoms. The van der Waals surface area contributed by atoms with Crippen LogP contribution < -0.4 is 9.80 Å². The summed E-state index contributed by atoms with van der Waals surface area (Å²) in [6.45, 7) is 6.64. The molecule has 0 bridgehead atoms. The van der Waals surface area contributed by atoms with Crippen LogP contribution in [0.5, 0.6) is 0 Å². The van der Waals surface area contributed by atoms with E-state index in [0.29, 0.717) is 11.4 Å². The van der Waals surface area contributed by atoms with Crippen molar-refractivity contribution in [2.75, 3.05) is 16.3 Å². The molecule has 1 aliphatic rings. The van der Waals surface area contributed by atoms with Crippen molar-refractivity contribution in [2.45, 2.75) is 139 Å². The van der Waals surface area contributed by atoms with E-state index < -0.39 is 120 Å². The van der Waals surface area contributed by atoms with Crippen LogP contribution >= 0.6 is 0 Å². The summed E-state index contributed by atoms with van der Waals surface area (Å²) < 4.78 is 334. The second kappa shape index (κ2) is 16.3. The summed E-state index contributed by atoms with van der Waals surface area (Å²) in [4.78, 5) is 3.36. The minimum absolute atomic E-state index is 0.0491. The van der Waals surface area contributed by atoms with Gasteiger partial charge in [-0.25, -0.2) is 0 Å². The Hall–Kier alpha value is -4.16. The number of aryl methyl sites for hydroxylation is 4. The zero-order valence-electron chi connectivity index (χ0n) is 34.4. The van der Waals surface area contributed by atoms with Crippen LogP contribution in [0.25, 0.3) is 12.2 Å². The molecular weight excluding hydrogens is 952 g/mol. The van der Waals surface area contributed by atoms with Gasteiger partial charge in [0.1, 0.15) is 0 Å². The van der Waals surface area contributed by atoms with E-state index in [1.165, 1.54) is 27.7 Å². The van der Waals surface area contributed by atoms with Crippen molar-refractivity contribution >= 4 is 23.5 Å². The lowest BCUT2D eigenvalue weighted by atomic mass is 9.91. The predicted molar refractivity (Wildman–Crippen MR) is 189 cm³/mol. The van der Waals surface area contributed by atoms with E-state index in [4.69, 9.17) is 0 Å². The Morgan fingerprint density at radius 1 is 0.415 bits per heavy atom. The molecule has 0 aliphatic carbocycles. The number of nitrogens with zero attached hydrogens (tertiary/aromatic N) is 2. The van der Waals surface area contributed by atoms with Crippen molar-refractivity contribution in [1.29, 1.82) is 0 Å². The van der Waals surface area contributed by atoms with Crippen LogP contribution in [0.15, 0.2) is 36.4 Å². The van der Waals surface area contributed by atoms with Crippen molar-refractivity contribution in [1.82, 2.24) is 0 Å². The summed E-state index contributed by atoms with van der Waals surface area (Å²) in [5, 5.41) is 0. The molecule has 0 amide bonds.